The Morgan fingerprint density at radius 1 is 0.710 bits per heavy atom. The first-order valence-electron chi connectivity index (χ1n) is 9.85. The number of benzene rings is 3. The van der Waals surface area contributed by atoms with Gasteiger partial charge in [-0.3, -0.25) is 4.90 Å². The van der Waals surface area contributed by atoms with Crippen molar-refractivity contribution in [2.45, 2.75) is 10.9 Å². The SMILES string of the molecule is O=S(=O)(c1ccc(Br)cc1)N1CCN(C(c2ccc(F)cc2)c2ccc(F)cc2)CC1. The lowest BCUT2D eigenvalue weighted by Gasteiger charge is -2.39. The van der Waals surface area contributed by atoms with E-state index in [1.54, 1.807) is 48.5 Å². The number of sulfonamides is 1. The average molecular weight is 507 g/mol. The van der Waals surface area contributed by atoms with E-state index in [2.05, 4.69) is 20.8 Å². The zero-order valence-electron chi connectivity index (χ0n) is 16.6. The van der Waals surface area contributed by atoms with Crippen molar-refractivity contribution in [3.05, 3.63) is 100 Å². The van der Waals surface area contributed by atoms with Gasteiger partial charge in [-0.05, 0) is 59.7 Å². The monoisotopic (exact) mass is 506 g/mol. The third-order valence-electron chi connectivity index (χ3n) is 5.46. The maximum absolute atomic E-state index is 13.5. The Labute approximate surface area is 189 Å². The number of halogens is 3. The summed E-state index contributed by atoms with van der Waals surface area (Å²) in [6.45, 7) is 1.65. The summed E-state index contributed by atoms with van der Waals surface area (Å²) in [6, 6.07) is 18.9. The molecule has 0 saturated carbocycles. The fourth-order valence-electron chi connectivity index (χ4n) is 3.86. The van der Waals surface area contributed by atoms with Gasteiger partial charge >= 0.3 is 0 Å². The third-order valence-corrected chi connectivity index (χ3v) is 7.90. The number of nitrogens with zero attached hydrogens (tertiary/aromatic N) is 2. The van der Waals surface area contributed by atoms with Gasteiger partial charge in [0.25, 0.3) is 0 Å². The molecule has 1 saturated heterocycles. The lowest BCUT2D eigenvalue weighted by atomic mass is 9.96. The van der Waals surface area contributed by atoms with Crippen molar-refractivity contribution in [2.75, 3.05) is 26.2 Å². The molecule has 1 fully saturated rings. The third kappa shape index (κ3) is 4.87. The largest absolute Gasteiger partial charge is 0.290 e. The fraction of sp³-hybridized carbons (Fsp3) is 0.217. The zero-order chi connectivity index (χ0) is 22.0. The summed E-state index contributed by atoms with van der Waals surface area (Å²) in [6.07, 6.45) is 0. The van der Waals surface area contributed by atoms with Gasteiger partial charge in [-0.25, -0.2) is 17.2 Å². The van der Waals surface area contributed by atoms with E-state index in [1.165, 1.54) is 28.6 Å². The van der Waals surface area contributed by atoms with Gasteiger partial charge in [-0.15, -0.1) is 0 Å². The van der Waals surface area contributed by atoms with Crippen molar-refractivity contribution in [2.24, 2.45) is 0 Å². The molecule has 4 nitrogen and oxygen atoms in total. The molecule has 0 aromatic heterocycles. The van der Waals surface area contributed by atoms with E-state index in [4.69, 9.17) is 0 Å². The second kappa shape index (κ2) is 9.16. The highest BCUT2D eigenvalue weighted by molar-refractivity contribution is 9.10. The fourth-order valence-corrected chi connectivity index (χ4v) is 5.55. The van der Waals surface area contributed by atoms with Crippen molar-refractivity contribution in [1.29, 1.82) is 0 Å². The Morgan fingerprint density at radius 2 is 1.16 bits per heavy atom. The lowest BCUT2D eigenvalue weighted by Crippen LogP contribution is -2.49. The molecule has 0 spiro atoms. The summed E-state index contributed by atoms with van der Waals surface area (Å²) in [5, 5.41) is 0. The number of hydrogen-bond acceptors (Lipinski definition) is 3. The maximum atomic E-state index is 13.5. The summed E-state index contributed by atoms with van der Waals surface area (Å²) < 4.78 is 55.3. The Kier molecular flexibility index (Phi) is 6.52. The zero-order valence-corrected chi connectivity index (χ0v) is 19.0. The minimum atomic E-state index is -3.58. The standard InChI is InChI=1S/C23H21BrF2N2O2S/c24-19-5-11-22(12-6-19)31(29,30)28-15-13-27(14-16-28)23(17-1-7-20(25)8-2-17)18-3-9-21(26)10-4-18/h1-12,23H,13-16H2. The second-order valence-electron chi connectivity index (χ2n) is 7.40. The van der Waals surface area contributed by atoms with E-state index in [0.717, 1.165) is 15.6 Å². The molecule has 4 rings (SSSR count). The van der Waals surface area contributed by atoms with Crippen molar-refractivity contribution in [1.82, 2.24) is 9.21 Å². The normalized spacial score (nSPS) is 16.0. The minimum absolute atomic E-state index is 0.223. The van der Waals surface area contributed by atoms with Crippen molar-refractivity contribution >= 4 is 26.0 Å². The van der Waals surface area contributed by atoms with Gasteiger partial charge in [0.15, 0.2) is 0 Å². The molecule has 8 heteroatoms. The number of hydrogen-bond donors (Lipinski definition) is 0. The molecule has 0 amide bonds. The Hall–Kier alpha value is -2.13. The highest BCUT2D eigenvalue weighted by Crippen LogP contribution is 2.31. The number of piperazine rings is 1. The van der Waals surface area contributed by atoms with Gasteiger partial charge in [0.1, 0.15) is 11.6 Å². The van der Waals surface area contributed by atoms with Crippen LogP contribution in [-0.2, 0) is 10.0 Å². The van der Waals surface area contributed by atoms with Gasteiger partial charge in [0, 0.05) is 30.7 Å². The van der Waals surface area contributed by atoms with Gasteiger partial charge in [-0.1, -0.05) is 40.2 Å². The van der Waals surface area contributed by atoms with Crippen molar-refractivity contribution in [3.63, 3.8) is 0 Å². The van der Waals surface area contributed by atoms with Crippen LogP contribution in [0.1, 0.15) is 17.2 Å². The average Bonchev–Trinajstić information content (AvgIpc) is 2.77. The first-order chi connectivity index (χ1) is 14.8. The summed E-state index contributed by atoms with van der Waals surface area (Å²) in [4.78, 5) is 2.41. The minimum Gasteiger partial charge on any atom is -0.290 e. The van der Waals surface area contributed by atoms with Crippen LogP contribution in [0.2, 0.25) is 0 Å². The molecule has 3 aromatic rings. The molecule has 0 aliphatic carbocycles. The highest BCUT2D eigenvalue weighted by Gasteiger charge is 2.32. The molecule has 0 bridgehead atoms. The van der Waals surface area contributed by atoms with Crippen LogP contribution < -0.4 is 0 Å². The second-order valence-corrected chi connectivity index (χ2v) is 10.3. The van der Waals surface area contributed by atoms with Crippen LogP contribution in [-0.4, -0.2) is 43.8 Å². The van der Waals surface area contributed by atoms with Crippen LogP contribution in [0, 0.1) is 11.6 Å². The molecule has 1 aliphatic rings. The topological polar surface area (TPSA) is 40.6 Å². The van der Waals surface area contributed by atoms with Crippen LogP contribution >= 0.6 is 15.9 Å². The molecule has 0 N–H and O–H groups in total. The van der Waals surface area contributed by atoms with E-state index in [1.807, 2.05) is 0 Å². The van der Waals surface area contributed by atoms with Crippen LogP contribution in [0.3, 0.4) is 0 Å². The summed E-state index contributed by atoms with van der Waals surface area (Å²) in [5.74, 6) is -0.654. The molecule has 1 heterocycles. The molecular weight excluding hydrogens is 486 g/mol. The van der Waals surface area contributed by atoms with E-state index in [9.17, 15) is 17.2 Å². The van der Waals surface area contributed by atoms with Crippen LogP contribution in [0.25, 0.3) is 0 Å². The summed E-state index contributed by atoms with van der Waals surface area (Å²) in [5.41, 5.74) is 1.74. The van der Waals surface area contributed by atoms with E-state index in [-0.39, 0.29) is 22.6 Å². The van der Waals surface area contributed by atoms with E-state index >= 15 is 0 Å². The molecule has 162 valence electrons. The molecule has 31 heavy (non-hydrogen) atoms. The molecule has 0 unspecified atom stereocenters. The first-order valence-corrected chi connectivity index (χ1v) is 12.1. The maximum Gasteiger partial charge on any atom is 0.243 e. The quantitative estimate of drug-likeness (QED) is 0.497. The summed E-state index contributed by atoms with van der Waals surface area (Å²) in [7, 11) is -3.58. The lowest BCUT2D eigenvalue weighted by molar-refractivity contribution is 0.155. The van der Waals surface area contributed by atoms with Crippen LogP contribution in [0.15, 0.2) is 82.2 Å². The van der Waals surface area contributed by atoms with Gasteiger partial charge < -0.3 is 0 Å². The van der Waals surface area contributed by atoms with Gasteiger partial charge in [-0.2, -0.15) is 4.31 Å². The van der Waals surface area contributed by atoms with E-state index < -0.39 is 10.0 Å². The highest BCUT2D eigenvalue weighted by atomic mass is 79.9. The van der Waals surface area contributed by atoms with Crippen molar-refractivity contribution in [3.8, 4) is 0 Å². The number of rotatable bonds is 5. The molecular formula is C23H21BrF2N2O2S. The smallest absolute Gasteiger partial charge is 0.243 e. The van der Waals surface area contributed by atoms with E-state index in [0.29, 0.717) is 26.2 Å². The van der Waals surface area contributed by atoms with Crippen LogP contribution in [0.5, 0.6) is 0 Å². The predicted molar refractivity (Wildman–Crippen MR) is 119 cm³/mol. The first kappa shape index (κ1) is 22.1. The Balaban J connectivity index is 1.57. The summed E-state index contributed by atoms with van der Waals surface area (Å²) >= 11 is 3.32. The molecule has 1 aliphatic heterocycles. The molecule has 0 atom stereocenters. The van der Waals surface area contributed by atoms with Crippen molar-refractivity contribution < 1.29 is 17.2 Å². The predicted octanol–water partition coefficient (Wildman–Crippen LogP) is 4.82. The van der Waals surface area contributed by atoms with Crippen LogP contribution in [0.4, 0.5) is 8.78 Å². The molecule has 3 aromatic carbocycles. The van der Waals surface area contributed by atoms with Gasteiger partial charge in [0.2, 0.25) is 10.0 Å². The Morgan fingerprint density at radius 3 is 1.61 bits per heavy atom. The van der Waals surface area contributed by atoms with Gasteiger partial charge in [0.05, 0.1) is 10.9 Å². The Bertz CT molecular complexity index is 1080. The molecule has 0 radical (unpaired) electrons.